The Kier molecular flexibility index (Phi) is 3.34. The molecule has 0 bridgehead atoms. The Morgan fingerprint density at radius 1 is 1.25 bits per heavy atom. The molecular formula is C16H12BrFO2. The number of carbonyl (C=O) groups excluding carboxylic acids is 1. The lowest BCUT2D eigenvalue weighted by Crippen LogP contribution is -2.20. The number of rotatable bonds is 1. The molecule has 2 aromatic carbocycles. The molecule has 0 spiro atoms. The molecule has 1 unspecified atom stereocenters. The van der Waals surface area contributed by atoms with Crippen LogP contribution in [0.2, 0.25) is 0 Å². The molecule has 0 aromatic heterocycles. The van der Waals surface area contributed by atoms with Crippen molar-refractivity contribution in [3.8, 4) is 5.75 Å². The fourth-order valence-electron chi connectivity index (χ4n) is 2.34. The average molecular weight is 335 g/mol. The van der Waals surface area contributed by atoms with E-state index in [1.54, 1.807) is 12.1 Å². The quantitative estimate of drug-likeness (QED) is 0.761. The number of ether oxygens (including phenoxy) is 1. The van der Waals surface area contributed by atoms with Crippen molar-refractivity contribution in [2.45, 2.75) is 19.4 Å². The van der Waals surface area contributed by atoms with Crippen LogP contribution in [-0.2, 0) is 0 Å². The second-order valence-electron chi connectivity index (χ2n) is 4.91. The maximum absolute atomic E-state index is 13.3. The number of benzene rings is 2. The summed E-state index contributed by atoms with van der Waals surface area (Å²) in [5, 5.41) is 0. The first kappa shape index (κ1) is 13.3. The Balaban J connectivity index is 1.97. The number of hydrogen-bond acceptors (Lipinski definition) is 2. The highest BCUT2D eigenvalue weighted by Gasteiger charge is 2.27. The van der Waals surface area contributed by atoms with E-state index in [-0.39, 0.29) is 24.1 Å². The van der Waals surface area contributed by atoms with Gasteiger partial charge in [-0.05, 0) is 52.7 Å². The standard InChI is InChI=1S/C16H12BrFO2/c1-9-2-5-15-11(6-9)14(19)8-16(20-15)10-3-4-13(18)12(17)7-10/h2-7,16H,8H2,1H3. The minimum Gasteiger partial charge on any atom is -0.484 e. The maximum Gasteiger partial charge on any atom is 0.170 e. The molecule has 3 rings (SSSR count). The molecule has 20 heavy (non-hydrogen) atoms. The second-order valence-corrected chi connectivity index (χ2v) is 5.76. The van der Waals surface area contributed by atoms with Crippen molar-refractivity contribution in [1.29, 1.82) is 0 Å². The summed E-state index contributed by atoms with van der Waals surface area (Å²) in [4.78, 5) is 12.2. The van der Waals surface area contributed by atoms with Gasteiger partial charge >= 0.3 is 0 Å². The number of Topliss-reactive ketones (excluding diaryl/α,β-unsaturated/α-hetero) is 1. The van der Waals surface area contributed by atoms with Gasteiger partial charge in [-0.2, -0.15) is 0 Å². The molecule has 1 atom stereocenters. The highest BCUT2D eigenvalue weighted by atomic mass is 79.9. The fourth-order valence-corrected chi connectivity index (χ4v) is 2.73. The Bertz CT molecular complexity index is 697. The van der Waals surface area contributed by atoms with E-state index in [1.807, 2.05) is 25.1 Å². The summed E-state index contributed by atoms with van der Waals surface area (Å²) >= 11 is 3.15. The Morgan fingerprint density at radius 2 is 2.05 bits per heavy atom. The van der Waals surface area contributed by atoms with Crippen LogP contribution in [0.1, 0.15) is 34.0 Å². The van der Waals surface area contributed by atoms with Gasteiger partial charge in [0.25, 0.3) is 0 Å². The van der Waals surface area contributed by atoms with Gasteiger partial charge in [0.2, 0.25) is 0 Å². The van der Waals surface area contributed by atoms with E-state index in [0.717, 1.165) is 11.1 Å². The van der Waals surface area contributed by atoms with Gasteiger partial charge in [-0.15, -0.1) is 0 Å². The summed E-state index contributed by atoms with van der Waals surface area (Å²) in [5.41, 5.74) is 2.45. The molecule has 0 fully saturated rings. The van der Waals surface area contributed by atoms with Crippen molar-refractivity contribution in [2.75, 3.05) is 0 Å². The van der Waals surface area contributed by atoms with Gasteiger partial charge in [-0.1, -0.05) is 17.7 Å². The molecule has 2 aromatic rings. The van der Waals surface area contributed by atoms with Crippen LogP contribution >= 0.6 is 15.9 Å². The number of hydrogen-bond donors (Lipinski definition) is 0. The molecule has 1 heterocycles. The summed E-state index contributed by atoms with van der Waals surface area (Å²) in [7, 11) is 0. The normalized spacial score (nSPS) is 17.6. The molecule has 0 N–H and O–H groups in total. The number of fused-ring (bicyclic) bond motifs is 1. The predicted molar refractivity (Wildman–Crippen MR) is 77.6 cm³/mol. The van der Waals surface area contributed by atoms with Crippen LogP contribution in [0.15, 0.2) is 40.9 Å². The van der Waals surface area contributed by atoms with Crippen molar-refractivity contribution in [3.05, 3.63) is 63.4 Å². The van der Waals surface area contributed by atoms with Gasteiger partial charge in [0.15, 0.2) is 5.78 Å². The first-order valence-electron chi connectivity index (χ1n) is 6.30. The third-order valence-corrected chi connectivity index (χ3v) is 4.00. The van der Waals surface area contributed by atoms with Crippen LogP contribution in [0.4, 0.5) is 4.39 Å². The number of aryl methyl sites for hydroxylation is 1. The Labute approximate surface area is 124 Å². The highest BCUT2D eigenvalue weighted by Crippen LogP contribution is 2.36. The Hall–Kier alpha value is -1.68. The van der Waals surface area contributed by atoms with E-state index in [9.17, 15) is 9.18 Å². The van der Waals surface area contributed by atoms with E-state index >= 15 is 0 Å². The minimum absolute atomic E-state index is 0.0559. The van der Waals surface area contributed by atoms with Crippen molar-refractivity contribution in [2.24, 2.45) is 0 Å². The van der Waals surface area contributed by atoms with E-state index in [2.05, 4.69) is 15.9 Å². The third-order valence-electron chi connectivity index (χ3n) is 3.39. The monoisotopic (exact) mass is 334 g/mol. The summed E-state index contributed by atoms with van der Waals surface area (Å²) in [6.45, 7) is 1.94. The van der Waals surface area contributed by atoms with E-state index in [1.165, 1.54) is 6.07 Å². The number of halogens is 2. The van der Waals surface area contributed by atoms with Crippen molar-refractivity contribution < 1.29 is 13.9 Å². The highest BCUT2D eigenvalue weighted by molar-refractivity contribution is 9.10. The van der Waals surface area contributed by atoms with Crippen LogP contribution in [-0.4, -0.2) is 5.78 Å². The maximum atomic E-state index is 13.3. The smallest absolute Gasteiger partial charge is 0.170 e. The molecule has 0 aliphatic carbocycles. The van der Waals surface area contributed by atoms with Crippen LogP contribution in [0.3, 0.4) is 0 Å². The lowest BCUT2D eigenvalue weighted by molar-refractivity contribution is 0.0850. The Morgan fingerprint density at radius 3 is 2.80 bits per heavy atom. The van der Waals surface area contributed by atoms with Gasteiger partial charge in [0.1, 0.15) is 17.7 Å². The third kappa shape index (κ3) is 2.36. The number of ketones is 1. The average Bonchev–Trinajstić information content (AvgIpc) is 2.42. The molecule has 1 aliphatic heterocycles. The molecule has 1 aliphatic rings. The molecule has 0 radical (unpaired) electrons. The summed E-state index contributed by atoms with van der Waals surface area (Å²) in [5.74, 6) is 0.324. The van der Waals surface area contributed by atoms with Crippen LogP contribution < -0.4 is 4.74 Å². The summed E-state index contributed by atoms with van der Waals surface area (Å²) < 4.78 is 19.5. The minimum atomic E-state index is -0.366. The SMILES string of the molecule is Cc1ccc2c(c1)C(=O)CC(c1ccc(F)c(Br)c1)O2. The van der Waals surface area contributed by atoms with Gasteiger partial charge in [0, 0.05) is 0 Å². The van der Waals surface area contributed by atoms with Gasteiger partial charge in [-0.3, -0.25) is 4.79 Å². The zero-order valence-electron chi connectivity index (χ0n) is 10.8. The van der Waals surface area contributed by atoms with Crippen molar-refractivity contribution >= 4 is 21.7 Å². The molecular weight excluding hydrogens is 323 g/mol. The molecule has 102 valence electrons. The van der Waals surface area contributed by atoms with Crippen molar-refractivity contribution in [3.63, 3.8) is 0 Å². The van der Waals surface area contributed by atoms with Crippen LogP contribution in [0.25, 0.3) is 0 Å². The largest absolute Gasteiger partial charge is 0.484 e. The van der Waals surface area contributed by atoms with E-state index < -0.39 is 0 Å². The van der Waals surface area contributed by atoms with E-state index in [0.29, 0.717) is 15.8 Å². The first-order valence-corrected chi connectivity index (χ1v) is 7.09. The lowest BCUT2D eigenvalue weighted by Gasteiger charge is -2.26. The zero-order valence-corrected chi connectivity index (χ0v) is 12.4. The zero-order chi connectivity index (χ0) is 14.3. The first-order chi connectivity index (χ1) is 9.54. The van der Waals surface area contributed by atoms with E-state index in [4.69, 9.17) is 4.74 Å². The van der Waals surface area contributed by atoms with Gasteiger partial charge < -0.3 is 4.74 Å². The van der Waals surface area contributed by atoms with Gasteiger partial charge in [-0.25, -0.2) is 4.39 Å². The molecule has 0 amide bonds. The molecule has 4 heteroatoms. The van der Waals surface area contributed by atoms with Crippen molar-refractivity contribution in [1.82, 2.24) is 0 Å². The molecule has 0 saturated carbocycles. The predicted octanol–water partition coefficient (Wildman–Crippen LogP) is 4.60. The van der Waals surface area contributed by atoms with Gasteiger partial charge in [0.05, 0.1) is 16.5 Å². The topological polar surface area (TPSA) is 26.3 Å². The summed E-state index contributed by atoms with van der Waals surface area (Å²) in [6, 6.07) is 10.2. The second kappa shape index (κ2) is 5.02. The lowest BCUT2D eigenvalue weighted by atomic mass is 9.95. The molecule has 2 nitrogen and oxygen atoms in total. The number of carbonyl (C=O) groups is 1. The van der Waals surface area contributed by atoms with Crippen LogP contribution in [0, 0.1) is 12.7 Å². The molecule has 0 saturated heterocycles. The summed E-state index contributed by atoms with van der Waals surface area (Å²) in [6.07, 6.45) is -0.0938. The van der Waals surface area contributed by atoms with Crippen LogP contribution in [0.5, 0.6) is 5.75 Å². The fraction of sp³-hybridized carbons (Fsp3) is 0.188.